The molecular formula is C13H17BrN2O2. The van der Waals surface area contributed by atoms with E-state index in [-0.39, 0.29) is 10.6 Å². The SMILES string of the molecule is CC(CNCc1cccc([N+](=O)[O-])c1Br)C1CC1. The highest BCUT2D eigenvalue weighted by Gasteiger charge is 2.27. The van der Waals surface area contributed by atoms with Crippen molar-refractivity contribution in [3.05, 3.63) is 38.3 Å². The molecule has 0 amide bonds. The summed E-state index contributed by atoms with van der Waals surface area (Å²) in [5, 5.41) is 14.2. The first-order valence-corrected chi connectivity index (χ1v) is 7.01. The Morgan fingerprint density at radius 2 is 2.28 bits per heavy atom. The Kier molecular flexibility index (Phi) is 4.35. The lowest BCUT2D eigenvalue weighted by molar-refractivity contribution is -0.385. The van der Waals surface area contributed by atoms with Crippen molar-refractivity contribution in [2.24, 2.45) is 11.8 Å². The number of halogens is 1. The summed E-state index contributed by atoms with van der Waals surface area (Å²) in [5.41, 5.74) is 1.07. The Bertz CT molecular complexity index is 447. The molecule has 0 bridgehead atoms. The lowest BCUT2D eigenvalue weighted by Gasteiger charge is -2.12. The summed E-state index contributed by atoms with van der Waals surface area (Å²) in [6.45, 7) is 3.90. The zero-order valence-electron chi connectivity index (χ0n) is 10.4. The third kappa shape index (κ3) is 3.29. The second kappa shape index (κ2) is 5.80. The Balaban J connectivity index is 1.92. The molecule has 0 saturated heterocycles. The summed E-state index contributed by atoms with van der Waals surface area (Å²) in [6, 6.07) is 5.15. The summed E-state index contributed by atoms with van der Waals surface area (Å²) in [6.07, 6.45) is 2.70. The highest BCUT2D eigenvalue weighted by atomic mass is 79.9. The average Bonchev–Trinajstić information content (AvgIpc) is 3.14. The van der Waals surface area contributed by atoms with Gasteiger partial charge >= 0.3 is 0 Å². The van der Waals surface area contributed by atoms with Crippen LogP contribution in [0.25, 0.3) is 0 Å². The first-order valence-electron chi connectivity index (χ1n) is 6.22. The maximum absolute atomic E-state index is 10.8. The number of hydrogen-bond donors (Lipinski definition) is 1. The standard InChI is InChI=1S/C13H17BrN2O2/c1-9(10-5-6-10)7-15-8-11-3-2-4-12(13(11)14)16(17)18/h2-4,9-10,15H,5-8H2,1H3. The van der Waals surface area contributed by atoms with Crippen molar-refractivity contribution >= 4 is 21.6 Å². The van der Waals surface area contributed by atoms with Crippen LogP contribution in [0.1, 0.15) is 25.3 Å². The number of nitrogens with one attached hydrogen (secondary N) is 1. The Labute approximate surface area is 115 Å². The van der Waals surface area contributed by atoms with Gasteiger partial charge in [-0.1, -0.05) is 19.1 Å². The van der Waals surface area contributed by atoms with E-state index >= 15 is 0 Å². The van der Waals surface area contributed by atoms with Crippen LogP contribution in [0.3, 0.4) is 0 Å². The van der Waals surface area contributed by atoms with Gasteiger partial charge in [-0.3, -0.25) is 10.1 Å². The van der Waals surface area contributed by atoms with E-state index in [0.717, 1.165) is 18.0 Å². The third-order valence-corrected chi connectivity index (χ3v) is 4.38. The van der Waals surface area contributed by atoms with E-state index in [1.165, 1.54) is 18.9 Å². The molecule has 1 aliphatic carbocycles. The second-order valence-electron chi connectivity index (χ2n) is 4.95. The van der Waals surface area contributed by atoms with E-state index < -0.39 is 0 Å². The number of nitro groups is 1. The number of nitrogens with zero attached hydrogens (tertiary/aromatic N) is 1. The van der Waals surface area contributed by atoms with Gasteiger partial charge in [0.2, 0.25) is 0 Å². The molecule has 4 nitrogen and oxygen atoms in total. The molecule has 1 aliphatic rings. The van der Waals surface area contributed by atoms with Gasteiger partial charge in [0.1, 0.15) is 0 Å². The number of benzene rings is 1. The van der Waals surface area contributed by atoms with Crippen LogP contribution >= 0.6 is 15.9 Å². The molecule has 1 aromatic carbocycles. The van der Waals surface area contributed by atoms with Gasteiger partial charge in [0.15, 0.2) is 0 Å². The molecule has 5 heteroatoms. The lowest BCUT2D eigenvalue weighted by atomic mass is 10.1. The predicted molar refractivity (Wildman–Crippen MR) is 74.4 cm³/mol. The number of rotatable bonds is 6. The van der Waals surface area contributed by atoms with Crippen LogP contribution < -0.4 is 5.32 Å². The molecule has 1 N–H and O–H groups in total. The Morgan fingerprint density at radius 3 is 2.89 bits per heavy atom. The van der Waals surface area contributed by atoms with Crippen LogP contribution in [0, 0.1) is 22.0 Å². The molecule has 0 heterocycles. The molecule has 1 fully saturated rings. The van der Waals surface area contributed by atoms with E-state index in [0.29, 0.717) is 16.9 Å². The molecule has 1 unspecified atom stereocenters. The zero-order valence-corrected chi connectivity index (χ0v) is 11.9. The van der Waals surface area contributed by atoms with Crippen molar-refractivity contribution in [1.82, 2.24) is 5.32 Å². The van der Waals surface area contributed by atoms with Crippen LogP contribution in [0.2, 0.25) is 0 Å². The number of hydrogen-bond acceptors (Lipinski definition) is 3. The van der Waals surface area contributed by atoms with Crippen LogP contribution in [-0.2, 0) is 6.54 Å². The summed E-state index contributed by atoms with van der Waals surface area (Å²) < 4.78 is 0.585. The normalized spacial score (nSPS) is 16.6. The third-order valence-electron chi connectivity index (χ3n) is 3.46. The smallest absolute Gasteiger partial charge is 0.283 e. The van der Waals surface area contributed by atoms with E-state index in [1.807, 2.05) is 6.07 Å². The van der Waals surface area contributed by atoms with E-state index in [4.69, 9.17) is 0 Å². The molecule has 0 aliphatic heterocycles. The fraction of sp³-hybridized carbons (Fsp3) is 0.538. The van der Waals surface area contributed by atoms with E-state index in [2.05, 4.69) is 28.2 Å². The molecule has 1 saturated carbocycles. The largest absolute Gasteiger partial charge is 0.312 e. The highest BCUT2D eigenvalue weighted by molar-refractivity contribution is 9.10. The molecule has 0 aromatic heterocycles. The van der Waals surface area contributed by atoms with Crippen molar-refractivity contribution in [1.29, 1.82) is 0 Å². The van der Waals surface area contributed by atoms with Crippen LogP contribution in [0.4, 0.5) is 5.69 Å². The molecule has 18 heavy (non-hydrogen) atoms. The molecular weight excluding hydrogens is 296 g/mol. The lowest BCUT2D eigenvalue weighted by Crippen LogP contribution is -2.22. The molecule has 1 aromatic rings. The van der Waals surface area contributed by atoms with Crippen LogP contribution in [0.5, 0.6) is 0 Å². The van der Waals surface area contributed by atoms with Gasteiger partial charge in [0.05, 0.1) is 9.40 Å². The van der Waals surface area contributed by atoms with Crippen LogP contribution in [0.15, 0.2) is 22.7 Å². The van der Waals surface area contributed by atoms with Gasteiger partial charge in [-0.2, -0.15) is 0 Å². The van der Waals surface area contributed by atoms with Gasteiger partial charge in [-0.25, -0.2) is 0 Å². The van der Waals surface area contributed by atoms with Crippen molar-refractivity contribution in [3.8, 4) is 0 Å². The first-order chi connectivity index (χ1) is 8.59. The highest BCUT2D eigenvalue weighted by Crippen LogP contribution is 2.36. The van der Waals surface area contributed by atoms with Gasteiger partial charge in [0.25, 0.3) is 5.69 Å². The monoisotopic (exact) mass is 312 g/mol. The van der Waals surface area contributed by atoms with E-state index in [9.17, 15) is 10.1 Å². The molecule has 98 valence electrons. The first kappa shape index (κ1) is 13.5. The fourth-order valence-corrected chi connectivity index (χ4v) is 2.66. The van der Waals surface area contributed by atoms with Crippen molar-refractivity contribution < 1.29 is 4.92 Å². The number of nitro benzene ring substituents is 1. The van der Waals surface area contributed by atoms with Gasteiger partial charge in [-0.05, 0) is 52.7 Å². The maximum Gasteiger partial charge on any atom is 0.283 e. The Morgan fingerprint density at radius 1 is 1.56 bits per heavy atom. The predicted octanol–water partition coefficient (Wildman–Crippen LogP) is 3.49. The van der Waals surface area contributed by atoms with Crippen molar-refractivity contribution in [2.45, 2.75) is 26.3 Å². The summed E-state index contributed by atoms with van der Waals surface area (Å²) in [4.78, 5) is 10.4. The Hall–Kier alpha value is -0.940. The minimum Gasteiger partial charge on any atom is -0.312 e. The van der Waals surface area contributed by atoms with Gasteiger partial charge in [0, 0.05) is 12.6 Å². The minimum absolute atomic E-state index is 0.129. The van der Waals surface area contributed by atoms with Gasteiger partial charge < -0.3 is 5.32 Å². The molecule has 0 spiro atoms. The summed E-state index contributed by atoms with van der Waals surface area (Å²) in [7, 11) is 0. The van der Waals surface area contributed by atoms with Crippen molar-refractivity contribution in [3.63, 3.8) is 0 Å². The quantitative estimate of drug-likeness (QED) is 0.646. The molecule has 1 atom stereocenters. The second-order valence-corrected chi connectivity index (χ2v) is 5.75. The minimum atomic E-state index is -0.361. The van der Waals surface area contributed by atoms with Crippen LogP contribution in [-0.4, -0.2) is 11.5 Å². The van der Waals surface area contributed by atoms with Crippen molar-refractivity contribution in [2.75, 3.05) is 6.54 Å². The average molecular weight is 313 g/mol. The topological polar surface area (TPSA) is 55.2 Å². The van der Waals surface area contributed by atoms with Gasteiger partial charge in [-0.15, -0.1) is 0 Å². The fourth-order valence-electron chi connectivity index (χ4n) is 2.11. The zero-order chi connectivity index (χ0) is 13.1. The van der Waals surface area contributed by atoms with E-state index in [1.54, 1.807) is 6.07 Å². The molecule has 0 radical (unpaired) electrons. The summed E-state index contributed by atoms with van der Waals surface area (Å²) in [5.74, 6) is 1.58. The molecule has 2 rings (SSSR count). The maximum atomic E-state index is 10.8. The summed E-state index contributed by atoms with van der Waals surface area (Å²) >= 11 is 3.31.